The van der Waals surface area contributed by atoms with Gasteiger partial charge in [0.25, 0.3) is 0 Å². The monoisotopic (exact) mass is 390 g/mol. The number of ether oxygens (including phenoxy) is 3. The van der Waals surface area contributed by atoms with Crippen LogP contribution in [0.5, 0.6) is 0 Å². The molecule has 0 aromatic carbocycles. The first kappa shape index (κ1) is 19.5. The zero-order chi connectivity index (χ0) is 20.3. The molecule has 3 fully saturated rings. The van der Waals surface area contributed by atoms with Crippen molar-refractivity contribution in [3.8, 4) is 0 Å². The van der Waals surface area contributed by atoms with Crippen LogP contribution in [-0.2, 0) is 33.4 Å². The summed E-state index contributed by atoms with van der Waals surface area (Å²) in [5, 5.41) is 8.42. The lowest BCUT2D eigenvalue weighted by Gasteiger charge is -2.32. The maximum Gasteiger partial charge on any atom is 0.378 e. The van der Waals surface area contributed by atoms with E-state index in [1.165, 1.54) is 0 Å². The minimum atomic E-state index is -4.23. The van der Waals surface area contributed by atoms with Gasteiger partial charge in [-0.05, 0) is 27.2 Å². The third-order valence-corrected chi connectivity index (χ3v) is 5.38. The van der Waals surface area contributed by atoms with E-state index >= 15 is 0 Å². The fraction of sp³-hybridized carbons (Fsp3) is 0.765. The van der Waals surface area contributed by atoms with Gasteiger partial charge in [0.2, 0.25) is 0 Å². The van der Waals surface area contributed by atoms with Crippen LogP contribution in [0.1, 0.15) is 27.2 Å². The summed E-state index contributed by atoms with van der Waals surface area (Å²) in [5.74, 6) is -11.9. The third-order valence-electron chi connectivity index (χ3n) is 5.38. The summed E-state index contributed by atoms with van der Waals surface area (Å²) in [6.45, 7) is 3.30. The summed E-state index contributed by atoms with van der Waals surface area (Å²) >= 11 is 0. The van der Waals surface area contributed by atoms with E-state index in [9.17, 15) is 28.0 Å². The zero-order valence-electron chi connectivity index (χ0n) is 14.9. The van der Waals surface area contributed by atoms with E-state index in [1.54, 1.807) is 20.8 Å². The normalized spacial score (nSPS) is 34.3. The van der Waals surface area contributed by atoms with E-state index in [0.717, 1.165) is 0 Å². The van der Waals surface area contributed by atoms with Crippen molar-refractivity contribution < 1.29 is 47.3 Å². The fourth-order valence-corrected chi connectivity index (χ4v) is 4.09. The fourth-order valence-electron chi connectivity index (χ4n) is 4.09. The van der Waals surface area contributed by atoms with Crippen molar-refractivity contribution in [1.29, 1.82) is 0 Å². The molecule has 1 N–H and O–H groups in total. The van der Waals surface area contributed by atoms with Gasteiger partial charge >= 0.3 is 29.8 Å². The lowest BCUT2D eigenvalue weighted by Crippen LogP contribution is -2.46. The second-order valence-corrected chi connectivity index (χ2v) is 8.25. The Bertz CT molecular complexity index is 698. The Kier molecular flexibility index (Phi) is 4.43. The van der Waals surface area contributed by atoms with Crippen LogP contribution in [0.3, 0.4) is 0 Å². The van der Waals surface area contributed by atoms with Crippen LogP contribution in [0.2, 0.25) is 0 Å². The molecular weight excluding hydrogens is 370 g/mol. The van der Waals surface area contributed by atoms with Crippen LogP contribution < -0.4 is 0 Å². The van der Waals surface area contributed by atoms with Crippen molar-refractivity contribution in [2.45, 2.75) is 45.3 Å². The molecule has 2 bridgehead atoms. The highest BCUT2D eigenvalue weighted by molar-refractivity contribution is 5.86. The van der Waals surface area contributed by atoms with Gasteiger partial charge in [0.1, 0.15) is 12.2 Å². The first-order chi connectivity index (χ1) is 12.3. The van der Waals surface area contributed by atoms with Crippen LogP contribution in [0, 0.1) is 29.1 Å². The number of carbonyl (C=O) groups excluding carboxylic acids is 3. The Labute approximate surface area is 153 Å². The van der Waals surface area contributed by atoms with Gasteiger partial charge < -0.3 is 19.3 Å². The summed E-state index contributed by atoms with van der Waals surface area (Å²) in [4.78, 5) is 47.2. The molecular formula is C17H20F2O8. The van der Waals surface area contributed by atoms with Gasteiger partial charge in [0.05, 0.1) is 17.3 Å². The Morgan fingerprint density at radius 3 is 2.41 bits per heavy atom. The number of fused-ring (bicyclic) bond motifs is 1. The van der Waals surface area contributed by atoms with Gasteiger partial charge in [-0.1, -0.05) is 0 Å². The first-order valence-corrected chi connectivity index (χ1v) is 8.54. The van der Waals surface area contributed by atoms with Gasteiger partial charge in [-0.15, -0.1) is 0 Å². The van der Waals surface area contributed by atoms with Crippen molar-refractivity contribution in [3.63, 3.8) is 0 Å². The number of carboxylic acids is 1. The predicted molar refractivity (Wildman–Crippen MR) is 81.3 cm³/mol. The van der Waals surface area contributed by atoms with E-state index in [0.29, 0.717) is 6.42 Å². The summed E-state index contributed by atoms with van der Waals surface area (Å²) in [5.41, 5.74) is -0.816. The van der Waals surface area contributed by atoms with Crippen LogP contribution in [0.15, 0.2) is 0 Å². The summed E-state index contributed by atoms with van der Waals surface area (Å²) in [6.07, 6.45) is -1.16. The number of alkyl halides is 2. The highest BCUT2D eigenvalue weighted by atomic mass is 19.3. The molecule has 0 spiro atoms. The molecule has 6 atom stereocenters. The van der Waals surface area contributed by atoms with E-state index in [4.69, 9.17) is 14.6 Å². The average Bonchev–Trinajstić information content (AvgIpc) is 3.14. The Hall–Kier alpha value is -2.26. The second-order valence-electron chi connectivity index (χ2n) is 8.25. The van der Waals surface area contributed by atoms with E-state index in [-0.39, 0.29) is 5.92 Å². The number of halogens is 2. The molecule has 2 aliphatic carbocycles. The van der Waals surface area contributed by atoms with Crippen molar-refractivity contribution in [2.75, 3.05) is 6.61 Å². The smallest absolute Gasteiger partial charge is 0.378 e. The quantitative estimate of drug-likeness (QED) is 0.546. The van der Waals surface area contributed by atoms with Gasteiger partial charge in [-0.25, -0.2) is 4.79 Å². The number of hydrogen-bond donors (Lipinski definition) is 1. The number of hydrogen-bond acceptors (Lipinski definition) is 7. The van der Waals surface area contributed by atoms with Gasteiger partial charge in [-0.2, -0.15) is 8.78 Å². The minimum Gasteiger partial charge on any atom is -0.477 e. The minimum absolute atomic E-state index is 0.359. The van der Waals surface area contributed by atoms with Crippen LogP contribution in [0.25, 0.3) is 0 Å². The maximum atomic E-state index is 13.2. The van der Waals surface area contributed by atoms with Gasteiger partial charge in [-0.3, -0.25) is 14.4 Å². The molecule has 3 aliphatic rings. The van der Waals surface area contributed by atoms with Gasteiger partial charge in [0.15, 0.2) is 6.61 Å². The van der Waals surface area contributed by atoms with Crippen molar-refractivity contribution >= 4 is 23.9 Å². The Morgan fingerprint density at radius 2 is 1.85 bits per heavy atom. The highest BCUT2D eigenvalue weighted by Gasteiger charge is 2.70. The Morgan fingerprint density at radius 1 is 1.22 bits per heavy atom. The zero-order valence-corrected chi connectivity index (χ0v) is 14.9. The van der Waals surface area contributed by atoms with Crippen LogP contribution in [0.4, 0.5) is 8.78 Å². The van der Waals surface area contributed by atoms with Crippen molar-refractivity contribution in [1.82, 2.24) is 0 Å². The topological polar surface area (TPSA) is 116 Å². The van der Waals surface area contributed by atoms with E-state index in [2.05, 4.69) is 4.74 Å². The predicted octanol–water partition coefficient (Wildman–Crippen LogP) is 1.01. The third kappa shape index (κ3) is 3.14. The molecule has 0 aromatic rings. The molecule has 27 heavy (non-hydrogen) atoms. The molecule has 1 saturated heterocycles. The number of rotatable bonds is 5. The largest absolute Gasteiger partial charge is 0.477 e. The number of carbonyl (C=O) groups is 4. The summed E-state index contributed by atoms with van der Waals surface area (Å²) in [6, 6.07) is 0. The first-order valence-electron chi connectivity index (χ1n) is 8.54. The molecule has 0 aromatic heterocycles. The number of carboxylic acid groups (broad SMARTS) is 1. The summed E-state index contributed by atoms with van der Waals surface area (Å²) < 4.78 is 41.6. The standard InChI is InChI=1S/C17H20F2O8/c1-16(2,3)15(24)27-11-6-4-7-9(13(21)26-10(7)11)8(6)12(20)25-5-17(18,19)14(22)23/h6-11H,4-5H2,1-3H3,(H,22,23). The molecule has 3 rings (SSSR count). The molecule has 8 nitrogen and oxygen atoms in total. The SMILES string of the molecule is CC(C)(C)C(=O)OC1C2CC3C1OC(=O)C3C2C(=O)OCC(F)(F)C(=O)O. The molecule has 10 heteroatoms. The van der Waals surface area contributed by atoms with Gasteiger partial charge in [0, 0.05) is 11.8 Å². The van der Waals surface area contributed by atoms with Crippen molar-refractivity contribution in [2.24, 2.45) is 29.1 Å². The molecule has 0 radical (unpaired) electrons. The second kappa shape index (κ2) is 6.13. The molecule has 6 unspecified atom stereocenters. The molecule has 1 aliphatic heterocycles. The molecule has 2 saturated carbocycles. The van der Waals surface area contributed by atoms with Crippen LogP contribution >= 0.6 is 0 Å². The maximum absolute atomic E-state index is 13.2. The van der Waals surface area contributed by atoms with E-state index in [1.807, 2.05) is 0 Å². The van der Waals surface area contributed by atoms with Crippen molar-refractivity contribution in [3.05, 3.63) is 0 Å². The molecule has 1 heterocycles. The number of aliphatic carboxylic acids is 1. The molecule has 0 amide bonds. The summed E-state index contributed by atoms with van der Waals surface area (Å²) in [7, 11) is 0. The van der Waals surface area contributed by atoms with Crippen LogP contribution in [-0.4, -0.2) is 53.7 Å². The number of esters is 3. The Balaban J connectivity index is 1.76. The molecule has 150 valence electrons. The van der Waals surface area contributed by atoms with E-state index < -0.39 is 71.8 Å². The lowest BCUT2D eigenvalue weighted by atomic mass is 9.78. The lowest BCUT2D eigenvalue weighted by molar-refractivity contribution is -0.183. The highest BCUT2D eigenvalue weighted by Crippen LogP contribution is 2.59. The average molecular weight is 390 g/mol.